The van der Waals surface area contributed by atoms with Gasteiger partial charge in [0.25, 0.3) is 5.91 Å². The maximum atomic E-state index is 13.1. The van der Waals surface area contributed by atoms with Crippen molar-refractivity contribution in [1.82, 2.24) is 15.1 Å². The van der Waals surface area contributed by atoms with Crippen molar-refractivity contribution in [3.63, 3.8) is 0 Å². The predicted octanol–water partition coefficient (Wildman–Crippen LogP) is -1.36. The van der Waals surface area contributed by atoms with E-state index in [0.29, 0.717) is 53.1 Å². The van der Waals surface area contributed by atoms with Crippen LogP contribution in [0.2, 0.25) is 0 Å². The molecule has 12 heteroatoms. The third kappa shape index (κ3) is 4.90. The van der Waals surface area contributed by atoms with Gasteiger partial charge in [0.1, 0.15) is 41.9 Å². The molecule has 182 valence electrons. The number of hydrogen-bond donors (Lipinski definition) is 1. The summed E-state index contributed by atoms with van der Waals surface area (Å²) < 4.78 is 11.2. The zero-order valence-corrected chi connectivity index (χ0v) is 20.1. The molecule has 0 aromatic heterocycles. The fourth-order valence-electron chi connectivity index (χ4n) is 4.98. The Morgan fingerprint density at radius 3 is 2.59 bits per heavy atom. The third-order valence-corrected chi connectivity index (χ3v) is 6.84. The summed E-state index contributed by atoms with van der Waals surface area (Å²) in [5, 5.41) is 2.29. The van der Waals surface area contributed by atoms with Gasteiger partial charge in [0.05, 0.1) is 19.2 Å². The first-order valence-corrected chi connectivity index (χ1v) is 11.9. The van der Waals surface area contributed by atoms with Gasteiger partial charge in [0.2, 0.25) is 17.7 Å². The molecule has 9 nitrogen and oxygen atoms in total. The molecule has 0 aliphatic carbocycles. The average molecular weight is 493 g/mol. The zero-order valence-electron chi connectivity index (χ0n) is 20.1. The first-order chi connectivity index (χ1) is 17.7. The van der Waals surface area contributed by atoms with E-state index in [4.69, 9.17) is 33.0 Å². The molecule has 4 amide bonds. The fourth-order valence-corrected chi connectivity index (χ4v) is 4.98. The molecule has 5 rings (SSSR count). The molecule has 37 heavy (non-hydrogen) atoms. The molecule has 3 aliphatic heterocycles. The van der Waals surface area contributed by atoms with Crippen molar-refractivity contribution >= 4 is 58.1 Å². The highest BCUT2D eigenvalue weighted by molar-refractivity contribution is 6.41. The first-order valence-electron chi connectivity index (χ1n) is 11.9. The quantitative estimate of drug-likeness (QED) is 0.394. The van der Waals surface area contributed by atoms with Gasteiger partial charge in [0.15, 0.2) is 0 Å². The van der Waals surface area contributed by atoms with Crippen LogP contribution in [0.1, 0.15) is 45.9 Å². The van der Waals surface area contributed by atoms with Crippen LogP contribution in [-0.2, 0) is 32.2 Å². The molecule has 3 heterocycles. The largest absolute Gasteiger partial charge is 0.496 e. The van der Waals surface area contributed by atoms with Crippen LogP contribution in [-0.4, -0.2) is 82.8 Å². The number of piperidine rings is 1. The van der Waals surface area contributed by atoms with Gasteiger partial charge in [-0.2, -0.15) is 0 Å². The number of fused-ring (bicyclic) bond motifs is 1. The topological polar surface area (TPSA) is 105 Å². The van der Waals surface area contributed by atoms with E-state index in [9.17, 15) is 19.2 Å². The van der Waals surface area contributed by atoms with Gasteiger partial charge in [-0.1, -0.05) is 29.1 Å². The number of carbonyl (C=O) groups excluding carboxylic acids is 4. The minimum absolute atomic E-state index is 0.0482. The van der Waals surface area contributed by atoms with Crippen molar-refractivity contribution in [3.05, 3.63) is 52.6 Å². The standard InChI is InChI=1S/C25H22B3N3O6/c26-16-8-13(10-30-6-7-36-12-21(30)33)9-17(27)22(16)23(28)37-19-3-1-2-14-15(19)11-31(25(14)35)18-4-5-20(32)29-24(18)34/h1-3,8-9,18,23H,4-7,10-12H2,(H,29,32,34). The van der Waals surface area contributed by atoms with Crippen LogP contribution < -0.4 is 21.0 Å². The molecular formula is C25H22B3N3O6. The van der Waals surface area contributed by atoms with E-state index in [1.807, 2.05) is 0 Å². The maximum Gasteiger partial charge on any atom is 0.255 e. The van der Waals surface area contributed by atoms with Gasteiger partial charge in [-0.15, -0.1) is 0 Å². The first kappa shape index (κ1) is 25.1. The Balaban J connectivity index is 1.34. The maximum absolute atomic E-state index is 13.1. The van der Waals surface area contributed by atoms with E-state index in [-0.39, 0.29) is 43.7 Å². The van der Waals surface area contributed by atoms with Gasteiger partial charge >= 0.3 is 0 Å². The van der Waals surface area contributed by atoms with Gasteiger partial charge in [-0.05, 0) is 29.7 Å². The Morgan fingerprint density at radius 1 is 1.14 bits per heavy atom. The van der Waals surface area contributed by atoms with Gasteiger partial charge in [-0.3, -0.25) is 24.5 Å². The highest BCUT2D eigenvalue weighted by Crippen LogP contribution is 2.35. The average Bonchev–Trinajstić information content (AvgIpc) is 3.17. The van der Waals surface area contributed by atoms with E-state index < -0.39 is 18.0 Å². The van der Waals surface area contributed by atoms with Crippen LogP contribution in [0, 0.1) is 0 Å². The molecule has 1 N–H and O–H groups in total. The lowest BCUT2D eigenvalue weighted by Gasteiger charge is -2.29. The molecule has 2 fully saturated rings. The van der Waals surface area contributed by atoms with Crippen molar-refractivity contribution in [2.24, 2.45) is 0 Å². The Morgan fingerprint density at radius 2 is 1.89 bits per heavy atom. The normalized spacial score (nSPS) is 20.6. The summed E-state index contributed by atoms with van der Waals surface area (Å²) in [6.07, 6.45) is 0.425. The predicted molar refractivity (Wildman–Crippen MR) is 135 cm³/mol. The molecule has 2 saturated heterocycles. The van der Waals surface area contributed by atoms with Gasteiger partial charge in [0, 0.05) is 30.6 Å². The Bertz CT molecular complexity index is 1280. The number of carbonyl (C=O) groups is 4. The lowest BCUT2D eigenvalue weighted by molar-refractivity contribution is -0.143. The van der Waals surface area contributed by atoms with Gasteiger partial charge < -0.3 is 19.3 Å². The minimum atomic E-state index is -1.04. The molecule has 2 aromatic carbocycles. The second-order valence-electron chi connectivity index (χ2n) is 9.28. The zero-order chi connectivity index (χ0) is 26.3. The number of benzene rings is 2. The molecule has 0 saturated carbocycles. The molecule has 2 atom stereocenters. The van der Waals surface area contributed by atoms with Crippen LogP contribution in [0.3, 0.4) is 0 Å². The molecule has 2 unspecified atom stereocenters. The molecule has 6 radical (unpaired) electrons. The van der Waals surface area contributed by atoms with E-state index in [1.54, 1.807) is 35.2 Å². The number of nitrogens with zero attached hydrogens (tertiary/aromatic N) is 2. The summed E-state index contributed by atoms with van der Waals surface area (Å²) in [7, 11) is 19.0. The van der Waals surface area contributed by atoms with Crippen LogP contribution in [0.15, 0.2) is 30.3 Å². The molecule has 2 aromatic rings. The van der Waals surface area contributed by atoms with E-state index in [0.717, 1.165) is 5.56 Å². The number of amides is 4. The van der Waals surface area contributed by atoms with E-state index in [2.05, 4.69) is 5.32 Å². The summed E-state index contributed by atoms with van der Waals surface area (Å²) in [6.45, 7) is 1.49. The molecule has 0 spiro atoms. The smallest absolute Gasteiger partial charge is 0.255 e. The van der Waals surface area contributed by atoms with Gasteiger partial charge in [-0.25, -0.2) is 0 Å². The second kappa shape index (κ2) is 10.1. The van der Waals surface area contributed by atoms with Crippen LogP contribution in [0.25, 0.3) is 0 Å². The monoisotopic (exact) mass is 493 g/mol. The summed E-state index contributed by atoms with van der Waals surface area (Å²) in [4.78, 5) is 52.1. The SMILES string of the molecule is [B]c1cc(CN2CCOCC2=O)cc([B])c1C([B])Oc1cccc2c1CN(C1CCC(=O)NC1=O)C2=O. The highest BCUT2D eigenvalue weighted by atomic mass is 16.5. The highest BCUT2D eigenvalue weighted by Gasteiger charge is 2.40. The molecule has 3 aliphatic rings. The Labute approximate surface area is 218 Å². The van der Waals surface area contributed by atoms with E-state index >= 15 is 0 Å². The number of rotatable bonds is 6. The van der Waals surface area contributed by atoms with E-state index in [1.165, 1.54) is 4.90 Å². The number of ether oxygens (including phenoxy) is 2. The lowest BCUT2D eigenvalue weighted by Crippen LogP contribution is -2.52. The number of morpholine rings is 1. The van der Waals surface area contributed by atoms with Crippen LogP contribution >= 0.6 is 0 Å². The number of nitrogens with one attached hydrogen (secondary N) is 1. The minimum Gasteiger partial charge on any atom is -0.496 e. The van der Waals surface area contributed by atoms with Crippen molar-refractivity contribution in [2.45, 2.75) is 38.0 Å². The van der Waals surface area contributed by atoms with Crippen molar-refractivity contribution in [3.8, 4) is 5.75 Å². The molecule has 0 bridgehead atoms. The molecular weight excluding hydrogens is 471 g/mol. The van der Waals surface area contributed by atoms with Crippen molar-refractivity contribution < 1.29 is 28.7 Å². The van der Waals surface area contributed by atoms with Crippen LogP contribution in [0.5, 0.6) is 5.75 Å². The Hall–Kier alpha value is -3.53. The Kier molecular flexibility index (Phi) is 6.85. The summed E-state index contributed by atoms with van der Waals surface area (Å²) in [5.74, 6) is -0.889. The lowest BCUT2D eigenvalue weighted by atomic mass is 9.73. The summed E-state index contributed by atoms with van der Waals surface area (Å²) in [6, 6.07) is 6.66. The fraction of sp³-hybridized carbons (Fsp3) is 0.360. The summed E-state index contributed by atoms with van der Waals surface area (Å²) in [5.41, 5.74) is 2.77. The number of hydrogen-bond acceptors (Lipinski definition) is 6. The van der Waals surface area contributed by atoms with Crippen molar-refractivity contribution in [1.29, 1.82) is 0 Å². The number of imide groups is 1. The second-order valence-corrected chi connectivity index (χ2v) is 9.28. The van der Waals surface area contributed by atoms with Crippen molar-refractivity contribution in [2.75, 3.05) is 19.8 Å². The summed E-state index contributed by atoms with van der Waals surface area (Å²) >= 11 is 0. The third-order valence-electron chi connectivity index (χ3n) is 6.84. The van der Waals surface area contributed by atoms with Crippen LogP contribution in [0.4, 0.5) is 0 Å².